The molecule has 0 aliphatic rings. The molecule has 0 radical (unpaired) electrons. The van der Waals surface area contributed by atoms with Crippen LogP contribution in [0.3, 0.4) is 0 Å². The Kier molecular flexibility index (Phi) is 6.13. The molecule has 4 aromatic carbocycles. The number of aryl methyl sites for hydroxylation is 2. The van der Waals surface area contributed by atoms with Crippen molar-refractivity contribution in [3.8, 4) is 22.6 Å². The van der Waals surface area contributed by atoms with E-state index in [4.69, 9.17) is 9.47 Å². The first-order valence-corrected chi connectivity index (χ1v) is 10.3. The third-order valence-electron chi connectivity index (χ3n) is 5.09. The largest absolute Gasteiger partial charge is 0.419 e. The van der Waals surface area contributed by atoms with Crippen molar-refractivity contribution in [2.45, 2.75) is 13.8 Å². The van der Waals surface area contributed by atoms with Gasteiger partial charge in [-0.3, -0.25) is 0 Å². The topological polar surface area (TPSA) is 52.6 Å². The van der Waals surface area contributed by atoms with Crippen molar-refractivity contribution in [3.05, 3.63) is 119 Å². The molecule has 0 fully saturated rings. The van der Waals surface area contributed by atoms with E-state index in [-0.39, 0.29) is 11.5 Å². The van der Waals surface area contributed by atoms with E-state index in [0.29, 0.717) is 22.3 Å². The highest BCUT2D eigenvalue weighted by atomic mass is 16.6. The fraction of sp³-hybridized carbons (Fsp3) is 0.0714. The highest BCUT2D eigenvalue weighted by Gasteiger charge is 2.24. The molecule has 32 heavy (non-hydrogen) atoms. The minimum Gasteiger partial charge on any atom is -0.419 e. The minimum absolute atomic E-state index is 0.229. The fourth-order valence-electron chi connectivity index (χ4n) is 3.57. The second kappa shape index (κ2) is 9.31. The average Bonchev–Trinajstić information content (AvgIpc) is 2.83. The lowest BCUT2D eigenvalue weighted by Gasteiger charge is -2.19. The van der Waals surface area contributed by atoms with Crippen LogP contribution < -0.4 is 9.47 Å². The van der Waals surface area contributed by atoms with Crippen molar-refractivity contribution < 1.29 is 19.1 Å². The quantitative estimate of drug-likeness (QED) is 0.275. The van der Waals surface area contributed by atoms with E-state index in [0.717, 1.165) is 11.1 Å². The average molecular weight is 422 g/mol. The Morgan fingerprint density at radius 3 is 1.50 bits per heavy atom. The number of rotatable bonds is 5. The zero-order chi connectivity index (χ0) is 22.5. The maximum absolute atomic E-state index is 13.0. The summed E-state index contributed by atoms with van der Waals surface area (Å²) in [6.45, 7) is 3.77. The van der Waals surface area contributed by atoms with E-state index in [9.17, 15) is 9.59 Å². The van der Waals surface area contributed by atoms with Crippen LogP contribution in [0.25, 0.3) is 11.1 Å². The summed E-state index contributed by atoms with van der Waals surface area (Å²) < 4.78 is 11.7. The van der Waals surface area contributed by atoms with Crippen molar-refractivity contribution in [2.75, 3.05) is 0 Å². The van der Waals surface area contributed by atoms with Crippen LogP contribution in [0.5, 0.6) is 11.5 Å². The molecule has 0 spiro atoms. The Morgan fingerprint density at radius 2 is 1.00 bits per heavy atom. The summed E-state index contributed by atoms with van der Waals surface area (Å²) in [6.07, 6.45) is 0. The van der Waals surface area contributed by atoms with Crippen LogP contribution in [-0.4, -0.2) is 11.9 Å². The zero-order valence-corrected chi connectivity index (χ0v) is 17.9. The van der Waals surface area contributed by atoms with Gasteiger partial charge in [0.15, 0.2) is 11.5 Å². The van der Waals surface area contributed by atoms with Gasteiger partial charge in [-0.15, -0.1) is 0 Å². The van der Waals surface area contributed by atoms with Crippen molar-refractivity contribution >= 4 is 11.9 Å². The lowest BCUT2D eigenvalue weighted by atomic mass is 9.96. The SMILES string of the molecule is Cc1cc(C)c(-c2ccccc2)c(OC(=O)c2ccccc2)c1OC(=O)c1ccccc1. The first-order valence-electron chi connectivity index (χ1n) is 10.3. The van der Waals surface area contributed by atoms with Crippen molar-refractivity contribution in [3.63, 3.8) is 0 Å². The summed E-state index contributed by atoms with van der Waals surface area (Å²) in [5.41, 5.74) is 3.99. The molecule has 4 aromatic rings. The van der Waals surface area contributed by atoms with Gasteiger partial charge in [0.25, 0.3) is 0 Å². The van der Waals surface area contributed by atoms with Crippen molar-refractivity contribution in [1.82, 2.24) is 0 Å². The van der Waals surface area contributed by atoms with E-state index in [1.54, 1.807) is 48.5 Å². The van der Waals surface area contributed by atoms with Crippen LogP contribution in [0, 0.1) is 13.8 Å². The highest BCUT2D eigenvalue weighted by molar-refractivity contribution is 5.95. The van der Waals surface area contributed by atoms with E-state index in [2.05, 4.69) is 0 Å². The zero-order valence-electron chi connectivity index (χ0n) is 17.9. The molecular weight excluding hydrogens is 400 g/mol. The molecule has 0 saturated heterocycles. The number of benzene rings is 4. The molecule has 4 rings (SSSR count). The van der Waals surface area contributed by atoms with Crippen LogP contribution >= 0.6 is 0 Å². The molecule has 0 bridgehead atoms. The van der Waals surface area contributed by atoms with Gasteiger partial charge in [0.1, 0.15) is 0 Å². The molecule has 0 aromatic heterocycles. The monoisotopic (exact) mass is 422 g/mol. The third-order valence-corrected chi connectivity index (χ3v) is 5.09. The standard InChI is InChI=1S/C28H22O4/c1-19-18-20(2)25(31-27(29)22-14-8-4-9-15-22)26(24(19)21-12-6-3-7-13-21)32-28(30)23-16-10-5-11-17-23/h3-18H,1-2H3. The third kappa shape index (κ3) is 4.44. The summed E-state index contributed by atoms with van der Waals surface area (Å²) in [7, 11) is 0. The van der Waals surface area contributed by atoms with Crippen LogP contribution in [0.1, 0.15) is 31.8 Å². The number of hydrogen-bond acceptors (Lipinski definition) is 4. The normalized spacial score (nSPS) is 10.4. The molecular formula is C28H22O4. The Bertz CT molecular complexity index is 1250. The van der Waals surface area contributed by atoms with E-state index in [1.165, 1.54) is 0 Å². The number of ether oxygens (including phenoxy) is 2. The highest BCUT2D eigenvalue weighted by Crippen LogP contribution is 2.43. The number of hydrogen-bond donors (Lipinski definition) is 0. The van der Waals surface area contributed by atoms with Gasteiger partial charge in [-0.1, -0.05) is 72.8 Å². The predicted octanol–water partition coefficient (Wildman–Crippen LogP) is 6.41. The summed E-state index contributed by atoms with van der Waals surface area (Å²) in [5.74, 6) is -0.585. The Labute approximate surface area is 187 Å². The molecule has 4 heteroatoms. The molecule has 0 aliphatic heterocycles. The lowest BCUT2D eigenvalue weighted by molar-refractivity contribution is 0.0682. The van der Waals surface area contributed by atoms with Gasteiger partial charge in [-0.05, 0) is 54.8 Å². The smallest absolute Gasteiger partial charge is 0.343 e. The first-order chi connectivity index (χ1) is 15.5. The lowest BCUT2D eigenvalue weighted by Crippen LogP contribution is -2.14. The van der Waals surface area contributed by atoms with Crippen LogP contribution in [-0.2, 0) is 0 Å². The van der Waals surface area contributed by atoms with Gasteiger partial charge >= 0.3 is 11.9 Å². The number of carbonyl (C=O) groups is 2. The van der Waals surface area contributed by atoms with Gasteiger partial charge in [-0.2, -0.15) is 0 Å². The summed E-state index contributed by atoms with van der Waals surface area (Å²) in [5, 5.41) is 0. The van der Waals surface area contributed by atoms with Gasteiger partial charge in [0.05, 0.1) is 11.1 Å². The maximum atomic E-state index is 13.0. The molecule has 0 saturated carbocycles. The van der Waals surface area contributed by atoms with Gasteiger partial charge in [-0.25, -0.2) is 9.59 Å². The second-order valence-electron chi connectivity index (χ2n) is 7.42. The minimum atomic E-state index is -0.523. The van der Waals surface area contributed by atoms with Crippen LogP contribution in [0.2, 0.25) is 0 Å². The molecule has 0 amide bonds. The van der Waals surface area contributed by atoms with Crippen molar-refractivity contribution in [2.24, 2.45) is 0 Å². The van der Waals surface area contributed by atoms with Crippen molar-refractivity contribution in [1.29, 1.82) is 0 Å². The second-order valence-corrected chi connectivity index (χ2v) is 7.42. The molecule has 0 atom stereocenters. The predicted molar refractivity (Wildman–Crippen MR) is 124 cm³/mol. The van der Waals surface area contributed by atoms with E-state index < -0.39 is 11.9 Å². The van der Waals surface area contributed by atoms with Gasteiger partial charge in [0.2, 0.25) is 0 Å². The summed E-state index contributed by atoms with van der Waals surface area (Å²) >= 11 is 0. The maximum Gasteiger partial charge on any atom is 0.343 e. The molecule has 0 unspecified atom stereocenters. The molecule has 158 valence electrons. The molecule has 0 aliphatic carbocycles. The fourth-order valence-corrected chi connectivity index (χ4v) is 3.57. The van der Waals surface area contributed by atoms with Gasteiger partial charge < -0.3 is 9.47 Å². The number of esters is 2. The Morgan fingerprint density at radius 1 is 0.562 bits per heavy atom. The molecule has 4 nitrogen and oxygen atoms in total. The first kappa shape index (κ1) is 21.1. The van der Waals surface area contributed by atoms with Crippen LogP contribution in [0.4, 0.5) is 0 Å². The summed E-state index contributed by atoms with van der Waals surface area (Å²) in [6, 6.07) is 29.0. The molecule has 0 N–H and O–H groups in total. The number of carbonyl (C=O) groups excluding carboxylic acids is 2. The van der Waals surface area contributed by atoms with Gasteiger partial charge in [0, 0.05) is 5.56 Å². The van der Waals surface area contributed by atoms with E-state index in [1.807, 2.05) is 62.4 Å². The summed E-state index contributed by atoms with van der Waals surface area (Å²) in [4.78, 5) is 25.8. The Balaban J connectivity index is 1.84. The molecule has 0 heterocycles. The van der Waals surface area contributed by atoms with Crippen LogP contribution in [0.15, 0.2) is 97.1 Å². The Hall–Kier alpha value is -4.18. The van der Waals surface area contributed by atoms with E-state index >= 15 is 0 Å².